The third kappa shape index (κ3) is 7.05. The number of fused-ring (bicyclic) bond motifs is 3. The maximum absolute atomic E-state index is 13.3. The second-order valence-corrected chi connectivity index (χ2v) is 10.1. The van der Waals surface area contributed by atoms with Crippen molar-refractivity contribution in [2.24, 2.45) is 0 Å². The van der Waals surface area contributed by atoms with E-state index in [1.54, 1.807) is 25.9 Å². The van der Waals surface area contributed by atoms with Crippen molar-refractivity contribution in [3.05, 3.63) is 95.6 Å². The number of carbonyl (C=O) groups excluding carboxylic acids is 2. The van der Waals surface area contributed by atoms with Crippen LogP contribution in [0.4, 0.5) is 4.79 Å². The van der Waals surface area contributed by atoms with Crippen molar-refractivity contribution >= 4 is 18.0 Å². The maximum Gasteiger partial charge on any atom is 0.407 e. The van der Waals surface area contributed by atoms with Gasteiger partial charge in [0.2, 0.25) is 5.91 Å². The van der Waals surface area contributed by atoms with Crippen molar-refractivity contribution in [2.45, 2.75) is 37.6 Å². The Labute approximate surface area is 234 Å². The van der Waals surface area contributed by atoms with Crippen molar-refractivity contribution in [3.63, 3.8) is 0 Å². The van der Waals surface area contributed by atoms with Gasteiger partial charge in [0, 0.05) is 12.5 Å². The van der Waals surface area contributed by atoms with Crippen LogP contribution < -0.4 is 10.6 Å². The molecule has 9 nitrogen and oxygen atoms in total. The molecule has 0 saturated heterocycles. The Morgan fingerprint density at radius 1 is 0.875 bits per heavy atom. The van der Waals surface area contributed by atoms with Crippen LogP contribution in [0, 0.1) is 0 Å². The van der Waals surface area contributed by atoms with Crippen molar-refractivity contribution in [1.29, 1.82) is 0 Å². The first-order valence-electron chi connectivity index (χ1n) is 13.2. The normalized spacial score (nSPS) is 14.5. The molecule has 0 saturated carbocycles. The van der Waals surface area contributed by atoms with Crippen LogP contribution in [-0.4, -0.2) is 73.4 Å². The van der Waals surface area contributed by atoms with Crippen LogP contribution >= 0.6 is 0 Å². The van der Waals surface area contributed by atoms with E-state index in [0.717, 1.165) is 27.8 Å². The van der Waals surface area contributed by atoms with Gasteiger partial charge in [0.05, 0.1) is 12.7 Å². The highest BCUT2D eigenvalue weighted by Crippen LogP contribution is 2.44. The third-order valence-electron chi connectivity index (χ3n) is 6.89. The van der Waals surface area contributed by atoms with Gasteiger partial charge < -0.3 is 30.1 Å². The molecule has 9 heteroatoms. The number of nitrogens with one attached hydrogen (secondary N) is 2. The molecule has 3 N–H and O–H groups in total. The summed E-state index contributed by atoms with van der Waals surface area (Å²) >= 11 is 0. The molecule has 3 atom stereocenters. The van der Waals surface area contributed by atoms with E-state index in [1.807, 2.05) is 78.9 Å². The summed E-state index contributed by atoms with van der Waals surface area (Å²) in [6.07, 6.45) is -1.58. The highest BCUT2D eigenvalue weighted by atomic mass is 16.5. The second kappa shape index (κ2) is 13.2. The SMILES string of the molecule is CC(OCc1ccccc1)C(NC(=O)OCC1c2ccccc2-c2ccccc21)C(=O)NC(CN(C)C)C(=O)O. The molecule has 0 aromatic heterocycles. The van der Waals surface area contributed by atoms with Gasteiger partial charge in [-0.2, -0.15) is 0 Å². The van der Waals surface area contributed by atoms with Crippen molar-refractivity contribution in [2.75, 3.05) is 27.2 Å². The summed E-state index contributed by atoms with van der Waals surface area (Å²) in [5.41, 5.74) is 5.24. The van der Waals surface area contributed by atoms with Crippen molar-refractivity contribution in [1.82, 2.24) is 15.5 Å². The molecule has 0 radical (unpaired) electrons. The molecule has 2 amide bonds. The predicted molar refractivity (Wildman–Crippen MR) is 151 cm³/mol. The molecule has 1 aliphatic carbocycles. The number of aliphatic carboxylic acids is 1. The van der Waals surface area contributed by atoms with Gasteiger partial charge in [-0.25, -0.2) is 9.59 Å². The zero-order chi connectivity index (χ0) is 28.6. The summed E-state index contributed by atoms with van der Waals surface area (Å²) in [7, 11) is 3.42. The minimum atomic E-state index is -1.19. The minimum Gasteiger partial charge on any atom is -0.480 e. The maximum atomic E-state index is 13.3. The van der Waals surface area contributed by atoms with Crippen LogP contribution in [-0.2, 0) is 25.7 Å². The smallest absolute Gasteiger partial charge is 0.407 e. The largest absolute Gasteiger partial charge is 0.480 e. The van der Waals surface area contributed by atoms with Crippen LogP contribution in [0.5, 0.6) is 0 Å². The fourth-order valence-corrected chi connectivity index (χ4v) is 4.87. The lowest BCUT2D eigenvalue weighted by molar-refractivity contribution is -0.143. The molecule has 0 spiro atoms. The number of rotatable bonds is 12. The molecule has 0 fully saturated rings. The molecule has 1 aliphatic rings. The third-order valence-corrected chi connectivity index (χ3v) is 6.89. The molecule has 3 unspecified atom stereocenters. The highest BCUT2D eigenvalue weighted by molar-refractivity contribution is 5.90. The molecular formula is C31H35N3O6. The van der Waals surface area contributed by atoms with Crippen LogP contribution in [0.3, 0.4) is 0 Å². The molecular weight excluding hydrogens is 510 g/mol. The molecule has 210 valence electrons. The van der Waals surface area contributed by atoms with Crippen LogP contribution in [0.15, 0.2) is 78.9 Å². The number of carboxylic acid groups (broad SMARTS) is 1. The van der Waals surface area contributed by atoms with E-state index < -0.39 is 36.2 Å². The highest BCUT2D eigenvalue weighted by Gasteiger charge is 2.33. The van der Waals surface area contributed by atoms with Gasteiger partial charge in [-0.1, -0.05) is 78.9 Å². The molecule has 3 aromatic rings. The number of hydrogen-bond acceptors (Lipinski definition) is 6. The fraction of sp³-hybridized carbons (Fsp3) is 0.323. The second-order valence-electron chi connectivity index (χ2n) is 10.1. The van der Waals surface area contributed by atoms with Crippen LogP contribution in [0.25, 0.3) is 11.1 Å². The number of alkyl carbamates (subject to hydrolysis) is 1. The van der Waals surface area contributed by atoms with E-state index >= 15 is 0 Å². The molecule has 4 rings (SSSR count). The van der Waals surface area contributed by atoms with Crippen molar-refractivity contribution < 1.29 is 29.0 Å². The first-order chi connectivity index (χ1) is 19.2. The number of amides is 2. The van der Waals surface area contributed by atoms with Gasteiger partial charge in [-0.15, -0.1) is 0 Å². The molecule has 0 bridgehead atoms. The Morgan fingerprint density at radius 3 is 2.02 bits per heavy atom. The van der Waals surface area contributed by atoms with E-state index in [1.165, 1.54) is 0 Å². The molecule has 0 heterocycles. The Balaban J connectivity index is 1.46. The average molecular weight is 546 g/mol. The summed E-state index contributed by atoms with van der Waals surface area (Å²) in [6.45, 7) is 2.01. The van der Waals surface area contributed by atoms with E-state index in [0.29, 0.717) is 0 Å². The Morgan fingerprint density at radius 2 is 1.45 bits per heavy atom. The zero-order valence-electron chi connectivity index (χ0n) is 22.9. The van der Waals surface area contributed by atoms with Crippen molar-refractivity contribution in [3.8, 4) is 11.1 Å². The summed E-state index contributed by atoms with van der Waals surface area (Å²) in [5.74, 6) is -2.00. The lowest BCUT2D eigenvalue weighted by atomic mass is 9.98. The van der Waals surface area contributed by atoms with Gasteiger partial charge in [0.25, 0.3) is 0 Å². The van der Waals surface area contributed by atoms with E-state index in [4.69, 9.17) is 9.47 Å². The number of ether oxygens (including phenoxy) is 2. The van der Waals surface area contributed by atoms with Gasteiger partial charge in [-0.3, -0.25) is 4.79 Å². The van der Waals surface area contributed by atoms with Gasteiger partial charge in [0.15, 0.2) is 0 Å². The monoisotopic (exact) mass is 545 g/mol. The number of carbonyl (C=O) groups is 3. The summed E-state index contributed by atoms with van der Waals surface area (Å²) < 4.78 is 11.6. The van der Waals surface area contributed by atoms with E-state index in [9.17, 15) is 19.5 Å². The number of nitrogens with zero attached hydrogens (tertiary/aromatic N) is 1. The number of likely N-dealkylation sites (N-methyl/N-ethyl adjacent to an activating group) is 1. The number of carboxylic acids is 1. The summed E-state index contributed by atoms with van der Waals surface area (Å²) in [6, 6.07) is 23.1. The quantitative estimate of drug-likeness (QED) is 0.318. The van der Waals surface area contributed by atoms with Crippen LogP contribution in [0.2, 0.25) is 0 Å². The first kappa shape index (κ1) is 28.8. The van der Waals surface area contributed by atoms with E-state index in [2.05, 4.69) is 10.6 Å². The predicted octanol–water partition coefficient (Wildman–Crippen LogP) is 3.63. The fourth-order valence-electron chi connectivity index (χ4n) is 4.87. The van der Waals surface area contributed by atoms with Crippen LogP contribution in [0.1, 0.15) is 29.5 Å². The Hall–Kier alpha value is -4.21. The van der Waals surface area contributed by atoms with Gasteiger partial charge in [-0.05, 0) is 48.8 Å². The Bertz CT molecular complexity index is 1280. The molecule has 3 aromatic carbocycles. The lowest BCUT2D eigenvalue weighted by Crippen LogP contribution is -2.57. The molecule has 0 aliphatic heterocycles. The standard InChI is InChI=1S/C31H35N3O6/c1-20(39-18-21-11-5-4-6-12-21)28(29(35)32-27(30(36)37)17-34(2)3)33-31(38)40-19-26-24-15-9-7-13-22(24)23-14-8-10-16-25(23)26/h4-16,20,26-28H,17-19H2,1-3H3,(H,32,35)(H,33,38)(H,36,37). The zero-order valence-corrected chi connectivity index (χ0v) is 22.9. The topological polar surface area (TPSA) is 117 Å². The summed E-state index contributed by atoms with van der Waals surface area (Å²) in [5, 5.41) is 14.7. The Kier molecular flexibility index (Phi) is 9.52. The summed E-state index contributed by atoms with van der Waals surface area (Å²) in [4.78, 5) is 39.7. The van der Waals surface area contributed by atoms with E-state index in [-0.39, 0.29) is 25.7 Å². The molecule has 40 heavy (non-hydrogen) atoms. The van der Waals surface area contributed by atoms with Gasteiger partial charge in [0.1, 0.15) is 18.7 Å². The van der Waals surface area contributed by atoms with Gasteiger partial charge >= 0.3 is 12.1 Å². The lowest BCUT2D eigenvalue weighted by Gasteiger charge is -2.27. The number of benzene rings is 3. The average Bonchev–Trinajstić information content (AvgIpc) is 3.27. The first-order valence-corrected chi connectivity index (χ1v) is 13.2. The number of hydrogen-bond donors (Lipinski definition) is 3. The minimum absolute atomic E-state index is 0.0752.